The molecule has 30 heavy (non-hydrogen) atoms. The number of hydrogen-bond donors (Lipinski definition) is 1. The quantitative estimate of drug-likeness (QED) is 0.536. The van der Waals surface area contributed by atoms with Crippen LogP contribution in [-0.2, 0) is 17.8 Å². The van der Waals surface area contributed by atoms with Gasteiger partial charge in [0.15, 0.2) is 0 Å². The molecule has 1 amide bonds. The molecule has 2 heterocycles. The molecule has 0 aliphatic heterocycles. The van der Waals surface area contributed by atoms with Gasteiger partial charge < -0.3 is 5.32 Å². The lowest BCUT2D eigenvalue weighted by Crippen LogP contribution is -2.40. The lowest BCUT2D eigenvalue weighted by molar-refractivity contribution is -0.116. The number of thiophene rings is 1. The highest BCUT2D eigenvalue weighted by atomic mass is 32.1. The predicted octanol–water partition coefficient (Wildman–Crippen LogP) is 3.72. The van der Waals surface area contributed by atoms with Crippen molar-refractivity contribution in [1.82, 2.24) is 9.13 Å². The predicted molar refractivity (Wildman–Crippen MR) is 121 cm³/mol. The molecule has 0 aliphatic carbocycles. The zero-order chi connectivity index (χ0) is 21.3. The van der Waals surface area contributed by atoms with Crippen molar-refractivity contribution >= 4 is 33.1 Å². The summed E-state index contributed by atoms with van der Waals surface area (Å²) in [5.41, 5.74) is 1.41. The van der Waals surface area contributed by atoms with Gasteiger partial charge in [0.25, 0.3) is 5.56 Å². The van der Waals surface area contributed by atoms with E-state index in [4.69, 9.17) is 0 Å². The summed E-state index contributed by atoms with van der Waals surface area (Å²) >= 11 is 1.33. The first-order chi connectivity index (χ1) is 14.5. The third kappa shape index (κ3) is 3.71. The third-order valence-electron chi connectivity index (χ3n) is 4.90. The maximum Gasteiger partial charge on any atom is 0.337 e. The van der Waals surface area contributed by atoms with Crippen molar-refractivity contribution in [2.75, 3.05) is 5.32 Å². The first-order valence-corrected chi connectivity index (χ1v) is 10.5. The van der Waals surface area contributed by atoms with E-state index in [1.54, 1.807) is 30.3 Å². The Kier molecular flexibility index (Phi) is 5.37. The van der Waals surface area contributed by atoms with Crippen LogP contribution in [0, 0.1) is 6.92 Å². The first-order valence-electron chi connectivity index (χ1n) is 9.68. The van der Waals surface area contributed by atoms with Gasteiger partial charge in [-0.05, 0) is 49.2 Å². The highest BCUT2D eigenvalue weighted by molar-refractivity contribution is 7.18. The van der Waals surface area contributed by atoms with Crippen molar-refractivity contribution in [2.45, 2.75) is 26.8 Å². The van der Waals surface area contributed by atoms with Crippen LogP contribution in [0.15, 0.2) is 70.3 Å². The Morgan fingerprint density at radius 1 is 1.03 bits per heavy atom. The van der Waals surface area contributed by atoms with Crippen LogP contribution in [0.5, 0.6) is 0 Å². The van der Waals surface area contributed by atoms with Gasteiger partial charge in [-0.15, -0.1) is 11.3 Å². The lowest BCUT2D eigenvalue weighted by atomic mass is 10.1. The molecule has 152 valence electrons. The van der Waals surface area contributed by atoms with Crippen LogP contribution in [0.4, 0.5) is 5.69 Å². The lowest BCUT2D eigenvalue weighted by Gasteiger charge is -2.12. The van der Waals surface area contributed by atoms with Crippen molar-refractivity contribution in [2.24, 2.45) is 0 Å². The number of nitrogens with zero attached hydrogens (tertiary/aromatic N) is 2. The van der Waals surface area contributed by atoms with E-state index in [0.29, 0.717) is 21.6 Å². The molecule has 0 bridgehead atoms. The fourth-order valence-corrected chi connectivity index (χ4v) is 4.37. The summed E-state index contributed by atoms with van der Waals surface area (Å²) < 4.78 is 2.50. The number of fused-ring (bicyclic) bond motifs is 1. The Hall–Kier alpha value is -3.45. The molecule has 6 nitrogen and oxygen atoms in total. The minimum Gasteiger partial charge on any atom is -0.325 e. The van der Waals surface area contributed by atoms with E-state index in [9.17, 15) is 14.4 Å². The number of benzene rings is 2. The second kappa shape index (κ2) is 8.12. The minimum absolute atomic E-state index is 0.183. The molecule has 0 unspecified atom stereocenters. The van der Waals surface area contributed by atoms with Gasteiger partial charge >= 0.3 is 5.69 Å². The van der Waals surface area contributed by atoms with Crippen molar-refractivity contribution in [1.29, 1.82) is 0 Å². The van der Waals surface area contributed by atoms with Crippen LogP contribution >= 0.6 is 11.3 Å². The topological polar surface area (TPSA) is 73.1 Å². The molecule has 0 saturated carbocycles. The summed E-state index contributed by atoms with van der Waals surface area (Å²) in [6.45, 7) is 3.76. The normalized spacial score (nSPS) is 11.0. The van der Waals surface area contributed by atoms with Gasteiger partial charge in [0.05, 0.1) is 11.1 Å². The molecule has 7 heteroatoms. The Bertz CT molecular complexity index is 1330. The molecule has 0 radical (unpaired) electrons. The summed E-state index contributed by atoms with van der Waals surface area (Å²) in [6.07, 6.45) is 0.917. The number of nitrogens with one attached hydrogen (secondary N) is 1. The van der Waals surface area contributed by atoms with Gasteiger partial charge in [-0.3, -0.25) is 14.2 Å². The molecule has 4 aromatic rings. The molecule has 0 saturated heterocycles. The molecular formula is C23H21N3O3S. The van der Waals surface area contributed by atoms with E-state index < -0.39 is 5.69 Å². The van der Waals surface area contributed by atoms with Gasteiger partial charge in [-0.2, -0.15) is 0 Å². The number of carbonyl (C=O) groups excluding carboxylic acids is 1. The van der Waals surface area contributed by atoms with Crippen molar-refractivity contribution < 1.29 is 4.79 Å². The van der Waals surface area contributed by atoms with Gasteiger partial charge in [-0.25, -0.2) is 9.36 Å². The monoisotopic (exact) mass is 419 g/mol. The molecule has 0 aliphatic rings. The maximum atomic E-state index is 13.2. The number of amides is 1. The maximum absolute atomic E-state index is 13.2. The number of para-hydroxylation sites is 1. The fraction of sp³-hybridized carbons (Fsp3) is 0.174. The summed E-state index contributed by atoms with van der Waals surface area (Å²) in [4.78, 5) is 40.4. The standard InChI is InChI=1S/C23H21N3O3S/c1-3-16-9-11-17(12-10-16)24-20(27)14-25-22-19(13-15(2)30-22)21(28)26(23(25)29)18-7-5-4-6-8-18/h4-13H,3,14H2,1-2H3,(H,24,27). The number of aryl methyl sites for hydroxylation is 2. The number of carbonyl (C=O) groups is 1. The molecule has 1 N–H and O–H groups in total. The second-order valence-corrected chi connectivity index (χ2v) is 8.25. The minimum atomic E-state index is -0.531. The Morgan fingerprint density at radius 3 is 2.40 bits per heavy atom. The van der Waals surface area contributed by atoms with Gasteiger partial charge in [0, 0.05) is 10.6 Å². The van der Waals surface area contributed by atoms with E-state index in [1.807, 2.05) is 37.3 Å². The third-order valence-corrected chi connectivity index (χ3v) is 5.97. The molecule has 2 aromatic heterocycles. The zero-order valence-electron chi connectivity index (χ0n) is 16.7. The molecule has 4 rings (SSSR count). The van der Waals surface area contributed by atoms with Crippen LogP contribution in [0.3, 0.4) is 0 Å². The SMILES string of the molecule is CCc1ccc(NC(=O)Cn2c(=O)n(-c3ccccc3)c(=O)c3cc(C)sc32)cc1. The first kappa shape index (κ1) is 19.8. The van der Waals surface area contributed by atoms with Crippen molar-refractivity contribution in [3.8, 4) is 5.69 Å². The average Bonchev–Trinajstić information content (AvgIpc) is 3.14. The Balaban J connectivity index is 1.77. The van der Waals surface area contributed by atoms with Crippen LogP contribution in [0.1, 0.15) is 17.4 Å². The van der Waals surface area contributed by atoms with Crippen LogP contribution in [0.2, 0.25) is 0 Å². The van der Waals surface area contributed by atoms with Crippen LogP contribution < -0.4 is 16.6 Å². The summed E-state index contributed by atoms with van der Waals surface area (Å²) in [5, 5.41) is 3.26. The van der Waals surface area contributed by atoms with Gasteiger partial charge in [-0.1, -0.05) is 37.3 Å². The van der Waals surface area contributed by atoms with Gasteiger partial charge in [0.2, 0.25) is 5.91 Å². The highest BCUT2D eigenvalue weighted by Gasteiger charge is 2.18. The van der Waals surface area contributed by atoms with Crippen molar-refractivity contribution in [3.05, 3.63) is 91.9 Å². The van der Waals surface area contributed by atoms with Crippen LogP contribution in [-0.4, -0.2) is 15.0 Å². The van der Waals surface area contributed by atoms with E-state index in [1.165, 1.54) is 21.5 Å². The highest BCUT2D eigenvalue weighted by Crippen LogP contribution is 2.22. The smallest absolute Gasteiger partial charge is 0.325 e. The zero-order valence-corrected chi connectivity index (χ0v) is 17.5. The molecule has 0 atom stereocenters. The van der Waals surface area contributed by atoms with E-state index >= 15 is 0 Å². The molecular weight excluding hydrogens is 398 g/mol. The summed E-state index contributed by atoms with van der Waals surface area (Å²) in [5.74, 6) is -0.327. The summed E-state index contributed by atoms with van der Waals surface area (Å²) in [6, 6.07) is 18.1. The Morgan fingerprint density at radius 2 is 1.73 bits per heavy atom. The number of anilines is 1. The van der Waals surface area contributed by atoms with E-state index in [0.717, 1.165) is 15.9 Å². The second-order valence-electron chi connectivity index (χ2n) is 7.02. The van der Waals surface area contributed by atoms with E-state index in [-0.39, 0.29) is 18.0 Å². The number of hydrogen-bond acceptors (Lipinski definition) is 4. The number of rotatable bonds is 5. The number of aromatic nitrogens is 2. The summed E-state index contributed by atoms with van der Waals surface area (Å²) in [7, 11) is 0. The van der Waals surface area contributed by atoms with Crippen molar-refractivity contribution in [3.63, 3.8) is 0 Å². The Labute approximate surface area is 177 Å². The molecule has 0 fully saturated rings. The molecule has 0 spiro atoms. The fourth-order valence-electron chi connectivity index (χ4n) is 3.38. The van der Waals surface area contributed by atoms with Gasteiger partial charge in [0.1, 0.15) is 11.4 Å². The molecule has 2 aromatic carbocycles. The van der Waals surface area contributed by atoms with Crippen LogP contribution in [0.25, 0.3) is 15.9 Å². The average molecular weight is 420 g/mol. The largest absolute Gasteiger partial charge is 0.337 e. The van der Waals surface area contributed by atoms with E-state index in [2.05, 4.69) is 12.2 Å².